The zero-order valence-corrected chi connectivity index (χ0v) is 8.87. The molecule has 2 unspecified atom stereocenters. The van der Waals surface area contributed by atoms with E-state index in [9.17, 15) is 4.79 Å². The summed E-state index contributed by atoms with van der Waals surface area (Å²) in [6.07, 6.45) is 1.04. The summed E-state index contributed by atoms with van der Waals surface area (Å²) in [7, 11) is 1.67. The van der Waals surface area contributed by atoms with E-state index in [1.54, 1.807) is 7.05 Å². The van der Waals surface area contributed by atoms with E-state index >= 15 is 0 Å². The van der Waals surface area contributed by atoms with Gasteiger partial charge in [0, 0.05) is 13.0 Å². The lowest BCUT2D eigenvalue weighted by molar-refractivity contribution is -0.142. The highest BCUT2D eigenvalue weighted by atomic mass is 16.7. The average Bonchev–Trinajstić information content (AvgIpc) is 2.84. The molecule has 2 fully saturated rings. The number of carbonyl (C=O) groups is 1. The molecule has 1 saturated heterocycles. The van der Waals surface area contributed by atoms with E-state index in [1.807, 2.05) is 13.8 Å². The molecule has 2 aliphatic rings. The molecule has 0 radical (unpaired) electrons. The third-order valence-electron chi connectivity index (χ3n) is 2.93. The summed E-state index contributed by atoms with van der Waals surface area (Å²) in [6.45, 7) is 4.43. The Kier molecular flexibility index (Phi) is 2.27. The Hall–Kier alpha value is -0.610. The maximum absolute atomic E-state index is 11.3. The summed E-state index contributed by atoms with van der Waals surface area (Å²) in [4.78, 5) is 11.3. The fourth-order valence-electron chi connectivity index (χ4n) is 2.04. The Morgan fingerprint density at radius 1 is 1.50 bits per heavy atom. The second-order valence-corrected chi connectivity index (χ2v) is 4.49. The van der Waals surface area contributed by atoms with Crippen molar-refractivity contribution in [1.29, 1.82) is 0 Å². The first kappa shape index (κ1) is 9.93. The molecule has 3 atom stereocenters. The number of amides is 1. The molecule has 1 heterocycles. The molecule has 1 N–H and O–H groups in total. The summed E-state index contributed by atoms with van der Waals surface area (Å²) in [5.74, 6) is 0.156. The standard InChI is InChI=1S/C10H17NO3/c1-10(2)13-5-8(14-10)6-4-7(6)9(12)11-3/h6-8H,4-5H2,1-3H3,(H,11,12)/t6?,7?,8-/m1/s1. The molecule has 1 aliphatic heterocycles. The molecule has 0 spiro atoms. The van der Waals surface area contributed by atoms with Gasteiger partial charge in [-0.05, 0) is 26.2 Å². The molecule has 14 heavy (non-hydrogen) atoms. The lowest BCUT2D eigenvalue weighted by Crippen LogP contribution is -2.25. The van der Waals surface area contributed by atoms with Gasteiger partial charge in [-0.25, -0.2) is 0 Å². The van der Waals surface area contributed by atoms with Crippen molar-refractivity contribution in [2.45, 2.75) is 32.2 Å². The SMILES string of the molecule is CNC(=O)C1CC1[C@H]1COC(C)(C)O1. The molecule has 0 aromatic carbocycles. The highest BCUT2D eigenvalue weighted by Gasteiger charge is 2.51. The molecule has 4 heteroatoms. The van der Waals surface area contributed by atoms with Gasteiger partial charge < -0.3 is 14.8 Å². The number of nitrogens with one attached hydrogen (secondary N) is 1. The fraction of sp³-hybridized carbons (Fsp3) is 0.900. The maximum Gasteiger partial charge on any atom is 0.223 e. The van der Waals surface area contributed by atoms with Crippen molar-refractivity contribution in [1.82, 2.24) is 5.32 Å². The molecule has 1 amide bonds. The highest BCUT2D eigenvalue weighted by molar-refractivity contribution is 5.81. The van der Waals surface area contributed by atoms with Gasteiger partial charge in [-0.2, -0.15) is 0 Å². The third-order valence-corrected chi connectivity index (χ3v) is 2.93. The van der Waals surface area contributed by atoms with Crippen molar-refractivity contribution >= 4 is 5.91 Å². The first-order valence-corrected chi connectivity index (χ1v) is 5.07. The minimum absolute atomic E-state index is 0.104. The molecule has 0 aromatic heterocycles. The normalized spacial score (nSPS) is 39.5. The van der Waals surface area contributed by atoms with Crippen LogP contribution >= 0.6 is 0 Å². The van der Waals surface area contributed by atoms with Gasteiger partial charge in [0.15, 0.2) is 5.79 Å². The molecule has 0 aromatic rings. The van der Waals surface area contributed by atoms with Gasteiger partial charge in [-0.1, -0.05) is 0 Å². The first-order chi connectivity index (χ1) is 6.53. The number of ether oxygens (including phenoxy) is 2. The van der Waals surface area contributed by atoms with E-state index in [0.29, 0.717) is 12.5 Å². The first-order valence-electron chi connectivity index (χ1n) is 5.07. The van der Waals surface area contributed by atoms with E-state index in [2.05, 4.69) is 5.32 Å². The van der Waals surface area contributed by atoms with Gasteiger partial charge in [-0.15, -0.1) is 0 Å². The summed E-state index contributed by atoms with van der Waals surface area (Å²) in [6, 6.07) is 0. The number of hydrogen-bond acceptors (Lipinski definition) is 3. The van der Waals surface area contributed by atoms with Crippen LogP contribution in [-0.4, -0.2) is 31.5 Å². The Morgan fingerprint density at radius 2 is 2.21 bits per heavy atom. The van der Waals surface area contributed by atoms with Crippen LogP contribution in [-0.2, 0) is 14.3 Å². The molecular weight excluding hydrogens is 182 g/mol. The van der Waals surface area contributed by atoms with Crippen LogP contribution in [0, 0.1) is 11.8 Å². The van der Waals surface area contributed by atoms with Crippen LogP contribution in [0.3, 0.4) is 0 Å². The van der Waals surface area contributed by atoms with E-state index in [1.165, 1.54) is 0 Å². The van der Waals surface area contributed by atoms with Crippen LogP contribution in [0.5, 0.6) is 0 Å². The third kappa shape index (κ3) is 1.77. The second-order valence-electron chi connectivity index (χ2n) is 4.49. The van der Waals surface area contributed by atoms with Crippen LogP contribution in [0.25, 0.3) is 0 Å². The lowest BCUT2D eigenvalue weighted by Gasteiger charge is -2.16. The van der Waals surface area contributed by atoms with Crippen LogP contribution in [0.4, 0.5) is 0 Å². The predicted molar refractivity (Wildman–Crippen MR) is 50.6 cm³/mol. The summed E-state index contributed by atoms with van der Waals surface area (Å²) >= 11 is 0. The van der Waals surface area contributed by atoms with E-state index in [-0.39, 0.29) is 17.9 Å². The number of hydrogen-bond donors (Lipinski definition) is 1. The van der Waals surface area contributed by atoms with Gasteiger partial charge in [0.1, 0.15) is 0 Å². The van der Waals surface area contributed by atoms with E-state index in [0.717, 1.165) is 6.42 Å². The van der Waals surface area contributed by atoms with Gasteiger partial charge in [0.25, 0.3) is 0 Å². The Morgan fingerprint density at radius 3 is 2.71 bits per heavy atom. The predicted octanol–water partition coefficient (Wildman–Crippen LogP) is 0.520. The maximum atomic E-state index is 11.3. The van der Waals surface area contributed by atoms with Crippen LogP contribution in [0.15, 0.2) is 0 Å². The van der Waals surface area contributed by atoms with Crippen molar-refractivity contribution in [3.05, 3.63) is 0 Å². The average molecular weight is 199 g/mol. The Balaban J connectivity index is 1.86. The molecular formula is C10H17NO3. The summed E-state index contributed by atoms with van der Waals surface area (Å²) < 4.78 is 11.2. The largest absolute Gasteiger partial charge is 0.359 e. The molecule has 4 nitrogen and oxygen atoms in total. The van der Waals surface area contributed by atoms with Crippen LogP contribution in [0.2, 0.25) is 0 Å². The topological polar surface area (TPSA) is 47.6 Å². The number of rotatable bonds is 2. The smallest absolute Gasteiger partial charge is 0.223 e. The van der Waals surface area contributed by atoms with Crippen molar-refractivity contribution in [3.8, 4) is 0 Å². The van der Waals surface area contributed by atoms with Gasteiger partial charge in [-0.3, -0.25) is 4.79 Å². The molecule has 0 bridgehead atoms. The van der Waals surface area contributed by atoms with E-state index in [4.69, 9.17) is 9.47 Å². The molecule has 2 rings (SSSR count). The van der Waals surface area contributed by atoms with Crippen molar-refractivity contribution in [2.75, 3.05) is 13.7 Å². The van der Waals surface area contributed by atoms with Crippen molar-refractivity contribution < 1.29 is 14.3 Å². The molecule has 1 saturated carbocycles. The minimum atomic E-state index is -0.472. The summed E-state index contributed by atoms with van der Waals surface area (Å²) in [5, 5.41) is 2.67. The summed E-state index contributed by atoms with van der Waals surface area (Å²) in [5.41, 5.74) is 0. The fourth-order valence-corrected chi connectivity index (χ4v) is 2.04. The Bertz CT molecular complexity index is 252. The monoisotopic (exact) mass is 199 g/mol. The number of carbonyl (C=O) groups excluding carboxylic acids is 1. The highest BCUT2D eigenvalue weighted by Crippen LogP contribution is 2.45. The van der Waals surface area contributed by atoms with Crippen molar-refractivity contribution in [2.24, 2.45) is 11.8 Å². The molecule has 1 aliphatic carbocycles. The van der Waals surface area contributed by atoms with Crippen LogP contribution < -0.4 is 5.32 Å². The quantitative estimate of drug-likeness (QED) is 0.705. The van der Waals surface area contributed by atoms with Gasteiger partial charge >= 0.3 is 0 Å². The Labute approximate surface area is 84.0 Å². The van der Waals surface area contributed by atoms with Crippen LogP contribution in [0.1, 0.15) is 20.3 Å². The minimum Gasteiger partial charge on any atom is -0.359 e. The zero-order valence-electron chi connectivity index (χ0n) is 8.87. The van der Waals surface area contributed by atoms with E-state index < -0.39 is 5.79 Å². The van der Waals surface area contributed by atoms with Crippen molar-refractivity contribution in [3.63, 3.8) is 0 Å². The van der Waals surface area contributed by atoms with Gasteiger partial charge in [0.2, 0.25) is 5.91 Å². The second kappa shape index (κ2) is 3.21. The lowest BCUT2D eigenvalue weighted by atomic mass is 10.2. The molecule has 80 valence electrons. The van der Waals surface area contributed by atoms with Gasteiger partial charge in [0.05, 0.1) is 12.7 Å². The zero-order chi connectivity index (χ0) is 10.3.